The van der Waals surface area contributed by atoms with E-state index in [1.54, 1.807) is 7.11 Å². The van der Waals surface area contributed by atoms with Crippen molar-refractivity contribution in [2.75, 3.05) is 27.2 Å². The van der Waals surface area contributed by atoms with Crippen LogP contribution in [0.15, 0.2) is 24.3 Å². The molecule has 0 aliphatic rings. The van der Waals surface area contributed by atoms with E-state index in [1.165, 1.54) is 0 Å². The van der Waals surface area contributed by atoms with Crippen LogP contribution in [-0.2, 0) is 0 Å². The highest BCUT2D eigenvalue weighted by Gasteiger charge is 2.17. The second-order valence-corrected chi connectivity index (χ2v) is 4.50. The molecule has 0 heterocycles. The van der Waals surface area contributed by atoms with Crippen molar-refractivity contribution in [1.29, 1.82) is 5.26 Å². The topological polar surface area (TPSA) is 62.3 Å². The molecule has 0 saturated carbocycles. The van der Waals surface area contributed by atoms with Crippen molar-refractivity contribution in [2.45, 2.75) is 13.0 Å². The summed E-state index contributed by atoms with van der Waals surface area (Å²) in [5.74, 6) is 0.822. The van der Waals surface area contributed by atoms with Crippen molar-refractivity contribution in [2.24, 2.45) is 11.7 Å². The minimum atomic E-state index is -0.00495. The number of rotatable bonds is 6. The summed E-state index contributed by atoms with van der Waals surface area (Å²) in [5.41, 5.74) is 6.96. The van der Waals surface area contributed by atoms with Gasteiger partial charge < -0.3 is 10.5 Å². The summed E-state index contributed by atoms with van der Waals surface area (Å²) in [7, 11) is 3.64. The molecule has 0 aliphatic carbocycles. The standard InChI is InChI=1S/C14H21N3O/c1-11(8-15)10-17(2)14(9-16)12-5-4-6-13(7-12)18-3/h4-7,11,14H,9-10,16H2,1-3H3. The van der Waals surface area contributed by atoms with Crippen molar-refractivity contribution in [3.05, 3.63) is 29.8 Å². The summed E-state index contributed by atoms with van der Waals surface area (Å²) in [4.78, 5) is 2.11. The maximum absolute atomic E-state index is 8.86. The molecule has 4 heteroatoms. The monoisotopic (exact) mass is 247 g/mol. The van der Waals surface area contributed by atoms with E-state index in [-0.39, 0.29) is 12.0 Å². The summed E-state index contributed by atoms with van der Waals surface area (Å²) in [6.45, 7) is 3.13. The number of likely N-dealkylation sites (N-methyl/N-ethyl adjacent to an activating group) is 1. The highest BCUT2D eigenvalue weighted by molar-refractivity contribution is 5.30. The molecule has 0 fully saturated rings. The van der Waals surface area contributed by atoms with Crippen LogP contribution in [-0.4, -0.2) is 32.1 Å². The molecule has 1 rings (SSSR count). The van der Waals surface area contributed by atoms with E-state index in [0.29, 0.717) is 13.1 Å². The first-order chi connectivity index (χ1) is 8.62. The zero-order valence-corrected chi connectivity index (χ0v) is 11.3. The Labute approximate surface area is 109 Å². The van der Waals surface area contributed by atoms with E-state index in [2.05, 4.69) is 11.0 Å². The lowest BCUT2D eigenvalue weighted by atomic mass is 10.0. The number of methoxy groups -OCH3 is 1. The first-order valence-electron chi connectivity index (χ1n) is 6.06. The Balaban J connectivity index is 2.84. The number of hydrogen-bond acceptors (Lipinski definition) is 4. The lowest BCUT2D eigenvalue weighted by molar-refractivity contribution is 0.233. The first-order valence-corrected chi connectivity index (χ1v) is 6.06. The van der Waals surface area contributed by atoms with Crippen molar-refractivity contribution in [3.8, 4) is 11.8 Å². The van der Waals surface area contributed by atoms with Gasteiger partial charge in [-0.3, -0.25) is 4.90 Å². The van der Waals surface area contributed by atoms with Crippen LogP contribution < -0.4 is 10.5 Å². The zero-order chi connectivity index (χ0) is 13.5. The van der Waals surface area contributed by atoms with Crippen LogP contribution in [0.5, 0.6) is 5.75 Å². The third-order valence-corrected chi connectivity index (χ3v) is 3.02. The van der Waals surface area contributed by atoms with E-state index in [1.807, 2.05) is 38.2 Å². The summed E-state index contributed by atoms with van der Waals surface area (Å²) < 4.78 is 5.22. The Morgan fingerprint density at radius 3 is 2.78 bits per heavy atom. The fourth-order valence-electron chi connectivity index (χ4n) is 2.02. The zero-order valence-electron chi connectivity index (χ0n) is 11.3. The largest absolute Gasteiger partial charge is 0.497 e. The smallest absolute Gasteiger partial charge is 0.119 e. The molecule has 4 nitrogen and oxygen atoms in total. The molecule has 1 aromatic rings. The predicted molar refractivity (Wildman–Crippen MR) is 72.2 cm³/mol. The number of nitriles is 1. The molecule has 0 radical (unpaired) electrons. The van der Waals surface area contributed by atoms with E-state index in [0.717, 1.165) is 11.3 Å². The maximum Gasteiger partial charge on any atom is 0.119 e. The van der Waals surface area contributed by atoms with Crippen molar-refractivity contribution in [3.63, 3.8) is 0 Å². The quantitative estimate of drug-likeness (QED) is 0.832. The summed E-state index contributed by atoms with van der Waals surface area (Å²) in [6.07, 6.45) is 0. The van der Waals surface area contributed by atoms with Gasteiger partial charge in [-0.15, -0.1) is 0 Å². The fraction of sp³-hybridized carbons (Fsp3) is 0.500. The van der Waals surface area contributed by atoms with Gasteiger partial charge in [0.1, 0.15) is 5.75 Å². The van der Waals surface area contributed by atoms with Crippen molar-refractivity contribution < 1.29 is 4.74 Å². The molecule has 0 aliphatic heterocycles. The van der Waals surface area contributed by atoms with Crippen LogP contribution in [0.3, 0.4) is 0 Å². The third kappa shape index (κ3) is 3.73. The third-order valence-electron chi connectivity index (χ3n) is 3.02. The summed E-state index contributed by atoms with van der Waals surface area (Å²) in [5, 5.41) is 8.86. The number of ether oxygens (including phenoxy) is 1. The maximum atomic E-state index is 8.86. The molecular weight excluding hydrogens is 226 g/mol. The lowest BCUT2D eigenvalue weighted by Crippen LogP contribution is -2.33. The van der Waals surface area contributed by atoms with Gasteiger partial charge in [-0.1, -0.05) is 12.1 Å². The van der Waals surface area contributed by atoms with Crippen molar-refractivity contribution in [1.82, 2.24) is 4.90 Å². The molecule has 0 spiro atoms. The summed E-state index contributed by atoms with van der Waals surface area (Å²) in [6, 6.07) is 10.2. The second-order valence-electron chi connectivity index (χ2n) is 4.50. The molecule has 2 unspecified atom stereocenters. The van der Waals surface area contributed by atoms with E-state index >= 15 is 0 Å². The second kappa shape index (κ2) is 7.00. The van der Waals surface area contributed by atoms with Crippen LogP contribution in [0.1, 0.15) is 18.5 Å². The fourth-order valence-corrected chi connectivity index (χ4v) is 2.02. The van der Waals surface area contributed by atoms with Gasteiger partial charge in [-0.05, 0) is 31.7 Å². The van der Waals surface area contributed by atoms with Crippen LogP contribution in [0, 0.1) is 17.2 Å². The van der Waals surface area contributed by atoms with Crippen LogP contribution >= 0.6 is 0 Å². The Kier molecular flexibility index (Phi) is 5.63. The van der Waals surface area contributed by atoms with Crippen LogP contribution in [0.25, 0.3) is 0 Å². The highest BCUT2D eigenvalue weighted by atomic mass is 16.5. The molecule has 0 saturated heterocycles. The van der Waals surface area contributed by atoms with E-state index in [4.69, 9.17) is 15.7 Å². The predicted octanol–water partition coefficient (Wildman–Crippen LogP) is 1.79. The Hall–Kier alpha value is -1.57. The van der Waals surface area contributed by atoms with E-state index in [9.17, 15) is 0 Å². The molecule has 0 aromatic heterocycles. The molecule has 98 valence electrons. The van der Waals surface area contributed by atoms with Crippen LogP contribution in [0.4, 0.5) is 0 Å². The van der Waals surface area contributed by atoms with Gasteiger partial charge in [0, 0.05) is 19.1 Å². The normalized spacial score (nSPS) is 14.0. The van der Waals surface area contributed by atoms with Gasteiger partial charge in [0.2, 0.25) is 0 Å². The number of hydrogen-bond donors (Lipinski definition) is 1. The van der Waals surface area contributed by atoms with Gasteiger partial charge in [-0.25, -0.2) is 0 Å². The first kappa shape index (κ1) is 14.5. The minimum absolute atomic E-state index is 0.00495. The molecule has 0 amide bonds. The van der Waals surface area contributed by atoms with Gasteiger partial charge in [-0.2, -0.15) is 5.26 Å². The van der Waals surface area contributed by atoms with Gasteiger partial charge in [0.05, 0.1) is 19.1 Å². The summed E-state index contributed by atoms with van der Waals surface area (Å²) >= 11 is 0. The van der Waals surface area contributed by atoms with Gasteiger partial charge >= 0.3 is 0 Å². The molecule has 18 heavy (non-hydrogen) atoms. The highest BCUT2D eigenvalue weighted by Crippen LogP contribution is 2.23. The molecule has 1 aromatic carbocycles. The Morgan fingerprint density at radius 2 is 2.22 bits per heavy atom. The lowest BCUT2D eigenvalue weighted by Gasteiger charge is -2.28. The van der Waals surface area contributed by atoms with Crippen molar-refractivity contribution >= 4 is 0 Å². The van der Waals surface area contributed by atoms with E-state index < -0.39 is 0 Å². The Morgan fingerprint density at radius 1 is 1.50 bits per heavy atom. The average Bonchev–Trinajstić information content (AvgIpc) is 2.39. The number of benzene rings is 1. The number of nitrogens with zero attached hydrogens (tertiary/aromatic N) is 2. The Bertz CT molecular complexity index is 414. The molecule has 2 N–H and O–H groups in total. The minimum Gasteiger partial charge on any atom is -0.497 e. The number of nitrogens with two attached hydrogens (primary N) is 1. The van der Waals surface area contributed by atoms with Crippen LogP contribution in [0.2, 0.25) is 0 Å². The SMILES string of the molecule is COc1cccc(C(CN)N(C)CC(C)C#N)c1. The molecule has 0 bridgehead atoms. The molecular formula is C14H21N3O. The van der Waals surface area contributed by atoms with Gasteiger partial charge in [0.25, 0.3) is 0 Å². The molecule has 2 atom stereocenters. The average molecular weight is 247 g/mol. The van der Waals surface area contributed by atoms with Gasteiger partial charge in [0.15, 0.2) is 0 Å².